The van der Waals surface area contributed by atoms with E-state index in [4.69, 9.17) is 4.74 Å². The van der Waals surface area contributed by atoms with Crippen LogP contribution in [0.1, 0.15) is 61.8 Å². The number of aromatic nitrogens is 4. The van der Waals surface area contributed by atoms with Crippen molar-refractivity contribution in [2.45, 2.75) is 56.1 Å². The normalized spacial score (nSPS) is 23.5. The number of nitrogens with one attached hydrogen (secondary N) is 2. The van der Waals surface area contributed by atoms with Crippen molar-refractivity contribution in [1.82, 2.24) is 35.3 Å². The molecule has 0 radical (unpaired) electrons. The van der Waals surface area contributed by atoms with Crippen LogP contribution in [0.2, 0.25) is 0 Å². The van der Waals surface area contributed by atoms with Gasteiger partial charge in [-0.3, -0.25) is 19.6 Å². The van der Waals surface area contributed by atoms with Crippen molar-refractivity contribution in [3.63, 3.8) is 0 Å². The third-order valence-electron chi connectivity index (χ3n) is 10.4. The minimum atomic E-state index is -0.580. The Morgan fingerprint density at radius 3 is 2.54 bits per heavy atom. The van der Waals surface area contributed by atoms with E-state index in [0.29, 0.717) is 38.6 Å². The van der Waals surface area contributed by atoms with Crippen molar-refractivity contribution in [3.05, 3.63) is 71.3 Å². The highest BCUT2D eigenvalue weighted by Gasteiger charge is 2.46. The molecule has 3 aliphatic heterocycles. The zero-order chi connectivity index (χ0) is 33.1. The lowest BCUT2D eigenvalue weighted by Gasteiger charge is -2.34. The topological polar surface area (TPSA) is 120 Å². The van der Waals surface area contributed by atoms with E-state index >= 15 is 0 Å². The molecule has 1 aliphatic carbocycles. The van der Waals surface area contributed by atoms with Crippen molar-refractivity contribution in [3.8, 4) is 11.4 Å². The number of rotatable bonds is 9. The van der Waals surface area contributed by atoms with Gasteiger partial charge in [0, 0.05) is 86.5 Å². The van der Waals surface area contributed by atoms with Crippen LogP contribution in [0.15, 0.2) is 54.5 Å². The number of morpholine rings is 1. The first kappa shape index (κ1) is 32.8. The molecule has 2 unspecified atom stereocenters. The van der Waals surface area contributed by atoms with Crippen LogP contribution < -0.4 is 10.2 Å². The molecule has 2 amide bonds. The molecular formula is C36H46N8O3S. The second-order valence-corrected chi connectivity index (χ2v) is 15.0. The molecule has 2 N–H and O–H groups in total. The quantitative estimate of drug-likeness (QED) is 0.349. The molecule has 0 bridgehead atoms. The van der Waals surface area contributed by atoms with Gasteiger partial charge in [0.25, 0.3) is 0 Å². The van der Waals surface area contributed by atoms with Crippen LogP contribution in [0.3, 0.4) is 0 Å². The van der Waals surface area contributed by atoms with E-state index in [0.717, 1.165) is 86.3 Å². The van der Waals surface area contributed by atoms with Crippen LogP contribution in [0.4, 0.5) is 5.82 Å². The summed E-state index contributed by atoms with van der Waals surface area (Å²) in [7, 11) is 0. The summed E-state index contributed by atoms with van der Waals surface area (Å²) in [5.74, 6) is 3.21. The lowest BCUT2D eigenvalue weighted by molar-refractivity contribution is -0.133. The van der Waals surface area contributed by atoms with Crippen LogP contribution in [0.25, 0.3) is 11.4 Å². The molecule has 1 aromatic carbocycles. The molecule has 3 saturated heterocycles. The van der Waals surface area contributed by atoms with Crippen LogP contribution in [0, 0.1) is 0 Å². The molecule has 3 fully saturated rings. The van der Waals surface area contributed by atoms with Crippen LogP contribution in [0.5, 0.6) is 0 Å². The zero-order valence-electron chi connectivity index (χ0n) is 28.0. The highest BCUT2D eigenvalue weighted by Crippen LogP contribution is 2.40. The number of likely N-dealkylation sites (tertiary alicyclic amines) is 2. The number of benzene rings is 1. The maximum absolute atomic E-state index is 14.1. The second kappa shape index (κ2) is 14.4. The van der Waals surface area contributed by atoms with Gasteiger partial charge in [-0.1, -0.05) is 44.2 Å². The molecule has 11 nitrogen and oxygen atoms in total. The molecule has 3 aromatic rings. The fraction of sp³-hybridized carbons (Fsp3) is 0.528. The maximum Gasteiger partial charge on any atom is 0.241 e. The Morgan fingerprint density at radius 1 is 1.06 bits per heavy atom. The first-order valence-corrected chi connectivity index (χ1v) is 18.4. The predicted molar refractivity (Wildman–Crippen MR) is 188 cm³/mol. The summed E-state index contributed by atoms with van der Waals surface area (Å²) in [4.78, 5) is 42.7. The number of hydrogen-bond donors (Lipinski definition) is 2. The van der Waals surface area contributed by atoms with Gasteiger partial charge in [0.2, 0.25) is 11.8 Å². The molecule has 48 heavy (non-hydrogen) atoms. The minimum absolute atomic E-state index is 0.0239. The molecule has 7 rings (SSSR count). The van der Waals surface area contributed by atoms with E-state index in [9.17, 15) is 9.59 Å². The largest absolute Gasteiger partial charge is 0.378 e. The molecular weight excluding hydrogens is 625 g/mol. The van der Waals surface area contributed by atoms with E-state index < -0.39 is 4.75 Å². The number of allylic oxidation sites excluding steroid dienone is 2. The highest BCUT2D eigenvalue weighted by atomic mass is 32.2. The van der Waals surface area contributed by atoms with Gasteiger partial charge in [-0.2, -0.15) is 5.10 Å². The smallest absolute Gasteiger partial charge is 0.241 e. The minimum Gasteiger partial charge on any atom is -0.378 e. The molecule has 5 heterocycles. The van der Waals surface area contributed by atoms with Crippen LogP contribution >= 0.6 is 11.8 Å². The summed E-state index contributed by atoms with van der Waals surface area (Å²) < 4.78 is 4.98. The van der Waals surface area contributed by atoms with Crippen LogP contribution in [-0.2, 0) is 20.7 Å². The molecule has 2 aromatic heterocycles. The Balaban J connectivity index is 0.929. The number of amides is 2. The fourth-order valence-electron chi connectivity index (χ4n) is 7.70. The summed E-state index contributed by atoms with van der Waals surface area (Å²) in [6.07, 6.45) is 8.99. The summed E-state index contributed by atoms with van der Waals surface area (Å²) in [6.45, 7) is 10.5. The summed E-state index contributed by atoms with van der Waals surface area (Å²) in [5, 5.41) is 11.3. The average Bonchev–Trinajstić information content (AvgIpc) is 3.76. The average molecular weight is 671 g/mol. The second-order valence-electron chi connectivity index (χ2n) is 13.3. The number of fused-ring (bicyclic) bond motifs is 1. The van der Waals surface area contributed by atoms with E-state index in [-0.39, 0.29) is 17.7 Å². The van der Waals surface area contributed by atoms with Crippen molar-refractivity contribution >= 4 is 29.4 Å². The Hall–Kier alpha value is -3.74. The first-order chi connectivity index (χ1) is 23.4. The number of hydrogen-bond acceptors (Lipinski definition) is 9. The van der Waals surface area contributed by atoms with Gasteiger partial charge >= 0.3 is 0 Å². The first-order valence-electron chi connectivity index (χ1n) is 17.4. The number of ether oxygens (including phenoxy) is 1. The number of aromatic amines is 1. The number of carbonyl (C=O) groups excluding carboxylic acids is 2. The number of H-pyrrole nitrogens is 1. The third kappa shape index (κ3) is 6.75. The Bertz CT molecular complexity index is 1620. The Labute approximate surface area is 286 Å². The molecule has 12 heteroatoms. The van der Waals surface area contributed by atoms with Gasteiger partial charge in [0.15, 0.2) is 11.6 Å². The summed E-state index contributed by atoms with van der Waals surface area (Å²) >= 11 is 1.71. The molecule has 2 atom stereocenters. The van der Waals surface area contributed by atoms with E-state index in [1.54, 1.807) is 24.2 Å². The van der Waals surface area contributed by atoms with Gasteiger partial charge in [0.05, 0.1) is 19.8 Å². The number of anilines is 1. The van der Waals surface area contributed by atoms with Gasteiger partial charge in [0.1, 0.15) is 4.75 Å². The van der Waals surface area contributed by atoms with Crippen LogP contribution in [-0.4, -0.2) is 111 Å². The van der Waals surface area contributed by atoms with Crippen molar-refractivity contribution < 1.29 is 14.3 Å². The van der Waals surface area contributed by atoms with E-state index in [1.165, 1.54) is 11.1 Å². The van der Waals surface area contributed by atoms with E-state index in [1.807, 2.05) is 11.0 Å². The van der Waals surface area contributed by atoms with Gasteiger partial charge < -0.3 is 19.9 Å². The monoisotopic (exact) mass is 670 g/mol. The van der Waals surface area contributed by atoms with Crippen molar-refractivity contribution in [2.24, 2.45) is 0 Å². The lowest BCUT2D eigenvalue weighted by atomic mass is 9.89. The Morgan fingerprint density at radius 2 is 1.81 bits per heavy atom. The number of nitrogens with zero attached hydrogens (tertiary/aromatic N) is 6. The number of carbonyl (C=O) groups is 2. The summed E-state index contributed by atoms with van der Waals surface area (Å²) in [5.41, 5.74) is 5.55. The highest BCUT2D eigenvalue weighted by molar-refractivity contribution is 8.01. The Kier molecular flexibility index (Phi) is 9.83. The molecule has 254 valence electrons. The molecule has 0 spiro atoms. The van der Waals surface area contributed by atoms with E-state index in [2.05, 4.69) is 79.5 Å². The zero-order valence-corrected chi connectivity index (χ0v) is 28.8. The molecule has 4 aliphatic rings. The summed E-state index contributed by atoms with van der Waals surface area (Å²) in [6, 6.07) is 10.4. The van der Waals surface area contributed by atoms with Gasteiger partial charge in [-0.05, 0) is 42.6 Å². The standard InChI is InChI=1S/C36H46N8O3S/c1-3-48-36(35(46)39-29-9-10-30-32(25(29)2)34(41-40-30)44-19-21-47-22-20-44)13-18-42(24-36)23-31(45)43-16-11-27(12-17-43)26-5-7-28(8-6-26)33-37-14-4-15-38-33/h4-9,14-15,25,27H,3,10-13,16-24H2,1-2H3,(H,39,46)(H,40,41). The third-order valence-corrected chi connectivity index (χ3v) is 11.8. The molecule has 0 saturated carbocycles. The maximum atomic E-state index is 14.1. The van der Waals surface area contributed by atoms with Gasteiger partial charge in [-0.15, -0.1) is 11.8 Å². The van der Waals surface area contributed by atoms with Gasteiger partial charge in [-0.25, -0.2) is 9.97 Å². The van der Waals surface area contributed by atoms with Crippen molar-refractivity contribution in [2.75, 3.05) is 69.7 Å². The number of piperidine rings is 1. The lowest BCUT2D eigenvalue weighted by Crippen LogP contribution is -2.48. The fourth-order valence-corrected chi connectivity index (χ4v) is 8.94. The number of thioether (sulfide) groups is 1. The SMILES string of the molecule is CCSC1(C(=O)NC2=CCc3[nH]nc(N4CCOCC4)c3C2C)CCN(CC(=O)N2CCC(c3ccc(-c4ncccn4)cc3)CC2)C1. The predicted octanol–water partition coefficient (Wildman–Crippen LogP) is 3.97. The van der Waals surface area contributed by atoms with Crippen molar-refractivity contribution in [1.29, 1.82) is 0 Å².